The van der Waals surface area contributed by atoms with Gasteiger partial charge in [0, 0.05) is 37.6 Å². The molecule has 2 aromatic carbocycles. The van der Waals surface area contributed by atoms with E-state index in [9.17, 15) is 4.79 Å². The maximum Gasteiger partial charge on any atom is 0.234 e. The van der Waals surface area contributed by atoms with Gasteiger partial charge in [-0.15, -0.1) is 11.3 Å². The number of amides is 1. The number of fused-ring (bicyclic) bond motifs is 1. The Morgan fingerprint density at radius 3 is 2.12 bits per heavy atom. The number of aryl methyl sites for hydroxylation is 3. The van der Waals surface area contributed by atoms with Crippen molar-refractivity contribution in [3.05, 3.63) is 47.0 Å². The first-order valence-corrected chi connectivity index (χ1v) is 15.8. The maximum atomic E-state index is 12.7. The van der Waals surface area contributed by atoms with Crippen molar-refractivity contribution in [3.8, 4) is 0 Å². The minimum absolute atomic E-state index is 0.0429. The highest BCUT2D eigenvalue weighted by Crippen LogP contribution is 2.32. The molecule has 2 fully saturated rings. The van der Waals surface area contributed by atoms with Crippen LogP contribution in [-0.4, -0.2) is 84.2 Å². The molecular weight excluding hydrogens is 573 g/mol. The first-order valence-electron chi connectivity index (χ1n) is 14.0. The third kappa shape index (κ3) is 6.75. The Morgan fingerprint density at radius 2 is 1.50 bits per heavy atom. The highest BCUT2D eigenvalue weighted by molar-refractivity contribution is 8.01. The zero-order valence-electron chi connectivity index (χ0n) is 24.0. The standard InChI is InChI=1S/C29H34N8O3S2/c1-18-14-19(2)25(20(3)15-18)32-24(38)17-41-29-31-22-5-4-21(16-23(22)42-29)30-26-33-27(36-6-10-39-11-7-36)35-28(34-26)37-8-12-40-13-9-37/h4-5,14-16H,6-13,17H2,1-3H3,(H,32,38)(H,30,33,34,35). The number of anilines is 5. The normalized spacial score (nSPS) is 15.7. The summed E-state index contributed by atoms with van der Waals surface area (Å²) in [6.07, 6.45) is 0. The number of benzene rings is 2. The lowest BCUT2D eigenvalue weighted by Gasteiger charge is -2.30. The minimum atomic E-state index is -0.0429. The SMILES string of the molecule is Cc1cc(C)c(NC(=O)CSc2nc3ccc(Nc4nc(N5CCOCC5)nc(N5CCOCC5)n4)cc3s2)c(C)c1. The Labute approximate surface area is 253 Å². The van der Waals surface area contributed by atoms with Gasteiger partial charge in [-0.1, -0.05) is 29.5 Å². The lowest BCUT2D eigenvalue weighted by Crippen LogP contribution is -2.40. The molecule has 11 nitrogen and oxygen atoms in total. The Morgan fingerprint density at radius 1 is 0.881 bits per heavy atom. The average molecular weight is 607 g/mol. The highest BCUT2D eigenvalue weighted by atomic mass is 32.2. The summed E-state index contributed by atoms with van der Waals surface area (Å²) in [5.74, 6) is 2.02. The van der Waals surface area contributed by atoms with E-state index in [0.717, 1.165) is 63.2 Å². The number of thiazole rings is 1. The van der Waals surface area contributed by atoms with Gasteiger partial charge >= 0.3 is 0 Å². The summed E-state index contributed by atoms with van der Waals surface area (Å²) in [5.41, 5.74) is 5.95. The fraction of sp³-hybridized carbons (Fsp3) is 0.414. The number of hydrogen-bond donors (Lipinski definition) is 2. The topological polar surface area (TPSA) is 118 Å². The van der Waals surface area contributed by atoms with E-state index in [0.29, 0.717) is 44.3 Å². The Balaban J connectivity index is 1.16. The smallest absolute Gasteiger partial charge is 0.234 e. The van der Waals surface area contributed by atoms with Crippen molar-refractivity contribution in [1.29, 1.82) is 0 Å². The summed E-state index contributed by atoms with van der Waals surface area (Å²) in [5, 5.41) is 6.46. The molecular formula is C29H34N8O3S2. The molecule has 13 heteroatoms. The molecule has 0 spiro atoms. The van der Waals surface area contributed by atoms with Crippen molar-refractivity contribution in [2.24, 2.45) is 0 Å². The second-order valence-corrected chi connectivity index (χ2v) is 12.6. The van der Waals surface area contributed by atoms with Crippen molar-refractivity contribution in [3.63, 3.8) is 0 Å². The molecule has 6 rings (SSSR count). The number of aromatic nitrogens is 4. The summed E-state index contributed by atoms with van der Waals surface area (Å²) in [6.45, 7) is 11.6. The molecule has 0 aliphatic carbocycles. The highest BCUT2D eigenvalue weighted by Gasteiger charge is 2.21. The van der Waals surface area contributed by atoms with E-state index in [1.807, 2.05) is 32.0 Å². The molecule has 0 saturated carbocycles. The van der Waals surface area contributed by atoms with Crippen LogP contribution in [0.4, 0.5) is 29.2 Å². The van der Waals surface area contributed by atoms with Crippen molar-refractivity contribution in [1.82, 2.24) is 19.9 Å². The van der Waals surface area contributed by atoms with Gasteiger partial charge in [-0.25, -0.2) is 4.98 Å². The molecule has 2 saturated heterocycles. The van der Waals surface area contributed by atoms with E-state index >= 15 is 0 Å². The van der Waals surface area contributed by atoms with E-state index < -0.39 is 0 Å². The first kappa shape index (κ1) is 28.6. The van der Waals surface area contributed by atoms with Crippen molar-refractivity contribution in [2.45, 2.75) is 25.1 Å². The van der Waals surface area contributed by atoms with Crippen LogP contribution in [0.1, 0.15) is 16.7 Å². The Bertz CT molecular complexity index is 1530. The van der Waals surface area contributed by atoms with Gasteiger partial charge in [0.15, 0.2) is 4.34 Å². The summed E-state index contributed by atoms with van der Waals surface area (Å²) in [4.78, 5) is 36.0. The predicted octanol–water partition coefficient (Wildman–Crippen LogP) is 4.55. The van der Waals surface area contributed by atoms with Crippen LogP contribution < -0.4 is 20.4 Å². The van der Waals surface area contributed by atoms with Crippen LogP contribution in [0, 0.1) is 20.8 Å². The Kier molecular flexibility index (Phi) is 8.70. The van der Waals surface area contributed by atoms with Gasteiger partial charge < -0.3 is 29.9 Å². The van der Waals surface area contributed by atoms with Crippen LogP contribution in [0.2, 0.25) is 0 Å². The van der Waals surface area contributed by atoms with Crippen LogP contribution in [0.3, 0.4) is 0 Å². The Hall–Kier alpha value is -3.52. The van der Waals surface area contributed by atoms with E-state index in [1.54, 1.807) is 11.3 Å². The monoisotopic (exact) mass is 606 g/mol. The van der Waals surface area contributed by atoms with Crippen LogP contribution in [-0.2, 0) is 14.3 Å². The number of rotatable bonds is 8. The molecule has 0 unspecified atom stereocenters. The molecule has 2 N–H and O–H groups in total. The predicted molar refractivity (Wildman–Crippen MR) is 169 cm³/mol. The number of ether oxygens (including phenoxy) is 2. The molecule has 0 bridgehead atoms. The number of nitrogens with zero attached hydrogens (tertiary/aromatic N) is 6. The molecule has 220 valence electrons. The molecule has 1 amide bonds. The summed E-state index contributed by atoms with van der Waals surface area (Å²) in [7, 11) is 0. The largest absolute Gasteiger partial charge is 0.378 e. The summed E-state index contributed by atoms with van der Waals surface area (Å²) < 4.78 is 12.9. The fourth-order valence-corrected chi connectivity index (χ4v) is 6.98. The second-order valence-electron chi connectivity index (χ2n) is 10.4. The van der Waals surface area contributed by atoms with E-state index in [-0.39, 0.29) is 11.7 Å². The molecule has 0 atom stereocenters. The van der Waals surface area contributed by atoms with Gasteiger partial charge in [-0.2, -0.15) is 15.0 Å². The van der Waals surface area contributed by atoms with Crippen LogP contribution in [0.5, 0.6) is 0 Å². The lowest BCUT2D eigenvalue weighted by atomic mass is 10.1. The minimum Gasteiger partial charge on any atom is -0.378 e. The van der Waals surface area contributed by atoms with Crippen molar-refractivity contribution < 1.29 is 14.3 Å². The first-order chi connectivity index (χ1) is 20.4. The van der Waals surface area contributed by atoms with Gasteiger partial charge in [0.05, 0.1) is 42.4 Å². The van der Waals surface area contributed by atoms with Crippen LogP contribution in [0.15, 0.2) is 34.7 Å². The van der Waals surface area contributed by atoms with Gasteiger partial charge in [-0.05, 0) is 50.1 Å². The number of morpholine rings is 2. The summed E-state index contributed by atoms with van der Waals surface area (Å²) >= 11 is 3.01. The molecule has 0 radical (unpaired) electrons. The zero-order chi connectivity index (χ0) is 29.1. The second kappa shape index (κ2) is 12.8. The number of carbonyl (C=O) groups is 1. The number of thioether (sulfide) groups is 1. The number of nitrogens with one attached hydrogen (secondary N) is 2. The van der Waals surface area contributed by atoms with E-state index in [1.165, 1.54) is 17.3 Å². The molecule has 2 aliphatic heterocycles. The quantitative estimate of drug-likeness (QED) is 0.275. The average Bonchev–Trinajstić information content (AvgIpc) is 3.41. The van der Waals surface area contributed by atoms with Gasteiger partial charge in [0.1, 0.15) is 0 Å². The third-order valence-electron chi connectivity index (χ3n) is 7.09. The van der Waals surface area contributed by atoms with E-state index in [2.05, 4.69) is 39.5 Å². The molecule has 4 aromatic rings. The van der Waals surface area contributed by atoms with Gasteiger partial charge in [0.25, 0.3) is 0 Å². The molecule has 42 heavy (non-hydrogen) atoms. The van der Waals surface area contributed by atoms with Gasteiger partial charge in [0.2, 0.25) is 23.8 Å². The van der Waals surface area contributed by atoms with Crippen LogP contribution in [0.25, 0.3) is 10.2 Å². The maximum absolute atomic E-state index is 12.7. The van der Waals surface area contributed by atoms with Crippen molar-refractivity contribution in [2.75, 3.05) is 78.8 Å². The summed E-state index contributed by atoms with van der Waals surface area (Å²) in [6, 6.07) is 10.2. The molecule has 2 aromatic heterocycles. The zero-order valence-corrected chi connectivity index (χ0v) is 25.6. The number of hydrogen-bond acceptors (Lipinski definition) is 12. The van der Waals surface area contributed by atoms with E-state index in [4.69, 9.17) is 29.4 Å². The number of carbonyl (C=O) groups excluding carboxylic acids is 1. The lowest BCUT2D eigenvalue weighted by molar-refractivity contribution is -0.113. The van der Waals surface area contributed by atoms with Gasteiger partial charge in [-0.3, -0.25) is 4.79 Å². The third-order valence-corrected chi connectivity index (χ3v) is 9.25. The fourth-order valence-electron chi connectivity index (χ4n) is 5.07. The molecule has 2 aliphatic rings. The molecule has 4 heterocycles. The van der Waals surface area contributed by atoms with Crippen LogP contribution >= 0.6 is 23.1 Å². The van der Waals surface area contributed by atoms with Crippen molar-refractivity contribution >= 4 is 68.4 Å².